The molecule has 0 aliphatic heterocycles. The molecule has 4 aromatic carbocycles. The van der Waals surface area contributed by atoms with Gasteiger partial charge in [-0.1, -0.05) is 70.9 Å². The Morgan fingerprint density at radius 1 is 0.562 bits per heavy atom. The van der Waals surface area contributed by atoms with Crippen LogP contribution in [0.5, 0.6) is 0 Å². The van der Waals surface area contributed by atoms with E-state index in [4.69, 9.17) is 4.52 Å². The first-order chi connectivity index (χ1) is 15.7. The molecule has 0 aliphatic rings. The van der Waals surface area contributed by atoms with Gasteiger partial charge < -0.3 is 9.42 Å². The monoisotopic (exact) mass is 417 g/mol. The van der Waals surface area contributed by atoms with Crippen LogP contribution in [0.4, 0.5) is 17.1 Å². The van der Waals surface area contributed by atoms with E-state index in [1.165, 1.54) is 11.1 Å². The number of rotatable bonds is 5. The highest BCUT2D eigenvalue weighted by molar-refractivity contribution is 5.77. The highest BCUT2D eigenvalue weighted by Gasteiger charge is 2.14. The van der Waals surface area contributed by atoms with Crippen molar-refractivity contribution < 1.29 is 4.52 Å². The maximum atomic E-state index is 5.53. The van der Waals surface area contributed by atoms with E-state index in [-0.39, 0.29) is 0 Å². The maximum absolute atomic E-state index is 5.53. The SMILES string of the molecule is Cc1ccc(N(c2ccc(C)cc2)c2ccc(-c3nc(-c4ccccc4)no3)cc2)cc1. The summed E-state index contributed by atoms with van der Waals surface area (Å²) >= 11 is 0. The molecule has 0 bridgehead atoms. The van der Waals surface area contributed by atoms with Crippen molar-refractivity contribution in [2.75, 3.05) is 4.90 Å². The standard InChI is InChI=1S/C28H23N3O/c1-20-8-14-24(15-9-20)31(25-16-10-21(2)11-17-25)26-18-12-23(13-19-26)28-29-27(30-32-28)22-6-4-3-5-7-22/h3-19H,1-2H3. The normalized spacial score (nSPS) is 10.8. The van der Waals surface area contributed by atoms with E-state index < -0.39 is 0 Å². The Morgan fingerprint density at radius 3 is 1.59 bits per heavy atom. The van der Waals surface area contributed by atoms with Crippen molar-refractivity contribution in [2.45, 2.75) is 13.8 Å². The van der Waals surface area contributed by atoms with Crippen LogP contribution in [0.25, 0.3) is 22.8 Å². The summed E-state index contributed by atoms with van der Waals surface area (Å²) < 4.78 is 5.53. The highest BCUT2D eigenvalue weighted by Crippen LogP contribution is 2.35. The third kappa shape index (κ3) is 4.03. The Morgan fingerprint density at radius 2 is 1.06 bits per heavy atom. The molecule has 0 aliphatic carbocycles. The Hall–Kier alpha value is -4.18. The zero-order valence-corrected chi connectivity index (χ0v) is 18.1. The average molecular weight is 418 g/mol. The minimum Gasteiger partial charge on any atom is -0.334 e. The smallest absolute Gasteiger partial charge is 0.258 e. The second-order valence-corrected chi connectivity index (χ2v) is 7.84. The van der Waals surface area contributed by atoms with Crippen LogP contribution >= 0.6 is 0 Å². The topological polar surface area (TPSA) is 42.2 Å². The maximum Gasteiger partial charge on any atom is 0.258 e. The number of hydrogen-bond donors (Lipinski definition) is 0. The summed E-state index contributed by atoms with van der Waals surface area (Å²) in [5.41, 5.74) is 7.56. The lowest BCUT2D eigenvalue weighted by atomic mass is 10.1. The van der Waals surface area contributed by atoms with E-state index in [1.807, 2.05) is 42.5 Å². The lowest BCUT2D eigenvalue weighted by Gasteiger charge is -2.25. The molecule has 0 saturated carbocycles. The van der Waals surface area contributed by atoms with Crippen LogP contribution in [0.2, 0.25) is 0 Å². The van der Waals surface area contributed by atoms with Gasteiger partial charge in [-0.25, -0.2) is 0 Å². The van der Waals surface area contributed by atoms with Gasteiger partial charge in [0.05, 0.1) is 0 Å². The summed E-state index contributed by atoms with van der Waals surface area (Å²) in [4.78, 5) is 6.81. The Labute approximate surface area is 187 Å². The molecule has 0 fully saturated rings. The van der Waals surface area contributed by atoms with Crippen LogP contribution in [0.3, 0.4) is 0 Å². The zero-order chi connectivity index (χ0) is 21.9. The van der Waals surface area contributed by atoms with E-state index in [0.29, 0.717) is 11.7 Å². The minimum absolute atomic E-state index is 0.507. The highest BCUT2D eigenvalue weighted by atomic mass is 16.5. The van der Waals surface area contributed by atoms with E-state index in [2.05, 4.69) is 89.6 Å². The van der Waals surface area contributed by atoms with E-state index in [9.17, 15) is 0 Å². The van der Waals surface area contributed by atoms with Crippen molar-refractivity contribution in [2.24, 2.45) is 0 Å². The quantitative estimate of drug-likeness (QED) is 0.297. The lowest BCUT2D eigenvalue weighted by Crippen LogP contribution is -2.09. The number of aromatic nitrogens is 2. The van der Waals surface area contributed by atoms with Crippen LogP contribution < -0.4 is 4.90 Å². The zero-order valence-electron chi connectivity index (χ0n) is 18.1. The van der Waals surface area contributed by atoms with Gasteiger partial charge in [0.2, 0.25) is 5.82 Å². The minimum atomic E-state index is 0.507. The van der Waals surface area contributed by atoms with Crippen LogP contribution in [-0.4, -0.2) is 10.1 Å². The van der Waals surface area contributed by atoms with Gasteiger partial charge in [-0.05, 0) is 62.4 Å². The van der Waals surface area contributed by atoms with Gasteiger partial charge in [-0.2, -0.15) is 4.98 Å². The van der Waals surface area contributed by atoms with Crippen molar-refractivity contribution in [1.29, 1.82) is 0 Å². The molecule has 1 heterocycles. The summed E-state index contributed by atoms with van der Waals surface area (Å²) in [6.45, 7) is 4.20. The molecule has 0 atom stereocenters. The van der Waals surface area contributed by atoms with E-state index in [1.54, 1.807) is 0 Å². The Bertz CT molecular complexity index is 1260. The number of hydrogen-bond acceptors (Lipinski definition) is 4. The molecule has 5 aromatic rings. The van der Waals surface area contributed by atoms with Crippen molar-refractivity contribution in [3.63, 3.8) is 0 Å². The summed E-state index contributed by atoms with van der Waals surface area (Å²) in [6.07, 6.45) is 0. The summed E-state index contributed by atoms with van der Waals surface area (Å²) in [7, 11) is 0. The first-order valence-corrected chi connectivity index (χ1v) is 10.6. The van der Waals surface area contributed by atoms with Crippen molar-refractivity contribution in [3.8, 4) is 22.8 Å². The summed E-state index contributed by atoms with van der Waals surface area (Å²) in [5, 5.41) is 4.14. The van der Waals surface area contributed by atoms with Gasteiger partial charge in [0.1, 0.15) is 0 Å². The fraction of sp³-hybridized carbons (Fsp3) is 0.0714. The number of anilines is 3. The van der Waals surface area contributed by atoms with E-state index in [0.717, 1.165) is 28.2 Å². The number of benzene rings is 4. The third-order valence-corrected chi connectivity index (χ3v) is 5.41. The number of aryl methyl sites for hydroxylation is 2. The first-order valence-electron chi connectivity index (χ1n) is 10.6. The molecule has 0 amide bonds. The summed E-state index contributed by atoms with van der Waals surface area (Å²) in [5.74, 6) is 1.10. The molecule has 0 unspecified atom stereocenters. The second-order valence-electron chi connectivity index (χ2n) is 7.84. The predicted molar refractivity (Wildman–Crippen MR) is 129 cm³/mol. The summed E-state index contributed by atoms with van der Waals surface area (Å²) in [6, 6.07) is 35.2. The fourth-order valence-corrected chi connectivity index (χ4v) is 3.63. The molecule has 0 spiro atoms. The fourth-order valence-electron chi connectivity index (χ4n) is 3.63. The molecule has 156 valence electrons. The molecule has 5 rings (SSSR count). The van der Waals surface area contributed by atoms with Crippen LogP contribution in [-0.2, 0) is 0 Å². The first kappa shape index (κ1) is 19.8. The van der Waals surface area contributed by atoms with Gasteiger partial charge in [-0.3, -0.25) is 0 Å². The van der Waals surface area contributed by atoms with Crippen LogP contribution in [0.15, 0.2) is 108 Å². The molecule has 32 heavy (non-hydrogen) atoms. The van der Waals surface area contributed by atoms with Crippen molar-refractivity contribution in [1.82, 2.24) is 10.1 Å². The lowest BCUT2D eigenvalue weighted by molar-refractivity contribution is 0.432. The van der Waals surface area contributed by atoms with Crippen LogP contribution in [0, 0.1) is 13.8 Å². The van der Waals surface area contributed by atoms with Crippen molar-refractivity contribution in [3.05, 3.63) is 114 Å². The molecular weight excluding hydrogens is 394 g/mol. The van der Waals surface area contributed by atoms with Crippen LogP contribution in [0.1, 0.15) is 11.1 Å². The van der Waals surface area contributed by atoms with Gasteiger partial charge in [0.25, 0.3) is 5.89 Å². The average Bonchev–Trinajstić information content (AvgIpc) is 3.33. The van der Waals surface area contributed by atoms with Gasteiger partial charge in [-0.15, -0.1) is 0 Å². The predicted octanol–water partition coefficient (Wildman–Crippen LogP) is 7.49. The second kappa shape index (κ2) is 8.52. The Balaban J connectivity index is 1.49. The molecule has 0 radical (unpaired) electrons. The molecular formula is C28H23N3O. The molecule has 0 saturated heterocycles. The molecule has 4 nitrogen and oxygen atoms in total. The van der Waals surface area contributed by atoms with Gasteiger partial charge in [0.15, 0.2) is 0 Å². The third-order valence-electron chi connectivity index (χ3n) is 5.41. The molecule has 1 aromatic heterocycles. The van der Waals surface area contributed by atoms with Gasteiger partial charge >= 0.3 is 0 Å². The number of nitrogens with zero attached hydrogens (tertiary/aromatic N) is 3. The van der Waals surface area contributed by atoms with Gasteiger partial charge in [0, 0.05) is 28.2 Å². The van der Waals surface area contributed by atoms with E-state index >= 15 is 0 Å². The largest absolute Gasteiger partial charge is 0.334 e. The molecule has 0 N–H and O–H groups in total. The molecule has 4 heteroatoms. The van der Waals surface area contributed by atoms with Crippen molar-refractivity contribution >= 4 is 17.1 Å². The Kier molecular flexibility index (Phi) is 5.26.